The summed E-state index contributed by atoms with van der Waals surface area (Å²) in [5.74, 6) is 2.77. The number of benzene rings is 2. The van der Waals surface area contributed by atoms with Crippen molar-refractivity contribution in [2.45, 2.75) is 83.8 Å². The lowest BCUT2D eigenvalue weighted by molar-refractivity contribution is -0.130. The average molecular weight is 711 g/mol. The van der Waals surface area contributed by atoms with Crippen molar-refractivity contribution in [3.05, 3.63) is 58.1 Å². The number of piperazine rings is 1. The highest BCUT2D eigenvalue weighted by Gasteiger charge is 2.40. The number of carbonyl (C=O) groups excluding carboxylic acids is 2. The maximum absolute atomic E-state index is 13.5. The van der Waals surface area contributed by atoms with E-state index in [1.807, 2.05) is 30.0 Å². The molecule has 2 aromatic rings. The molecule has 1 aliphatic carbocycles. The van der Waals surface area contributed by atoms with Crippen molar-refractivity contribution in [1.82, 2.24) is 14.5 Å². The molecule has 0 radical (unpaired) electrons. The summed E-state index contributed by atoms with van der Waals surface area (Å²) < 4.78 is 22.8. The standard InChI is InChI=1S/C39H55ClN4O4S/c1-5-7-29-20-34(40)12-14-35(29)33-24-44-23-32-10-13-36(32)31(22-42-16-18-43(19-17-42)28(4)45)9-6-8-26(2)27(3)49(47)41-39(46)30-11-15-38(48-25-33)37(44)21-30/h11-12,14-15,20-21,26-27,31-33,36H,5-10,13,16-19,22-25H2,1-4H3,(H,41,46). The van der Waals surface area contributed by atoms with Gasteiger partial charge in [-0.05, 0) is 104 Å². The van der Waals surface area contributed by atoms with Gasteiger partial charge in [0, 0.05) is 69.2 Å². The molecule has 3 heterocycles. The lowest BCUT2D eigenvalue weighted by atomic mass is 9.65. The molecule has 0 spiro atoms. The minimum atomic E-state index is -1.49. The van der Waals surface area contributed by atoms with Gasteiger partial charge in [0.1, 0.15) is 16.7 Å². The highest BCUT2D eigenvalue weighted by Crippen LogP contribution is 2.45. The van der Waals surface area contributed by atoms with Crippen molar-refractivity contribution in [3.8, 4) is 5.75 Å². The Labute approximate surface area is 300 Å². The average Bonchev–Trinajstić information content (AvgIpc) is 3.25. The van der Waals surface area contributed by atoms with Crippen LogP contribution in [0.4, 0.5) is 5.69 Å². The van der Waals surface area contributed by atoms with Gasteiger partial charge in [-0.2, -0.15) is 0 Å². The number of amides is 2. The Hall–Kier alpha value is -2.62. The third-order valence-corrected chi connectivity index (χ3v) is 13.7. The fourth-order valence-corrected chi connectivity index (χ4v) is 9.83. The van der Waals surface area contributed by atoms with Crippen LogP contribution in [-0.4, -0.2) is 83.5 Å². The molecule has 1 saturated carbocycles. The molecular weight excluding hydrogens is 656 g/mol. The quantitative estimate of drug-likeness (QED) is 0.373. The van der Waals surface area contributed by atoms with E-state index in [-0.39, 0.29) is 28.9 Å². The number of hydrogen-bond acceptors (Lipinski definition) is 6. The van der Waals surface area contributed by atoms with Crippen molar-refractivity contribution in [2.24, 2.45) is 23.7 Å². The van der Waals surface area contributed by atoms with Crippen molar-refractivity contribution < 1.29 is 18.5 Å². The second-order valence-corrected chi connectivity index (χ2v) is 17.1. The zero-order valence-electron chi connectivity index (χ0n) is 29.8. The van der Waals surface area contributed by atoms with E-state index in [4.69, 9.17) is 16.3 Å². The molecule has 0 aromatic heterocycles. The molecule has 7 atom stereocenters. The second-order valence-electron chi connectivity index (χ2n) is 15.1. The van der Waals surface area contributed by atoms with E-state index in [0.717, 1.165) is 94.4 Å². The minimum absolute atomic E-state index is 0.149. The summed E-state index contributed by atoms with van der Waals surface area (Å²) in [6, 6.07) is 12.0. The van der Waals surface area contributed by atoms with Crippen molar-refractivity contribution in [2.75, 3.05) is 57.3 Å². The fraction of sp³-hybridized carbons (Fsp3) is 0.641. The number of nitrogens with zero attached hydrogens (tertiary/aromatic N) is 3. The Morgan fingerprint density at radius 1 is 1.02 bits per heavy atom. The van der Waals surface area contributed by atoms with Crippen LogP contribution in [0.15, 0.2) is 36.4 Å². The fourth-order valence-electron chi connectivity index (χ4n) is 8.59. The smallest absolute Gasteiger partial charge is 0.263 e. The zero-order chi connectivity index (χ0) is 34.7. The highest BCUT2D eigenvalue weighted by molar-refractivity contribution is 7.84. The number of anilines is 1. The minimum Gasteiger partial charge on any atom is -0.491 e. The lowest BCUT2D eigenvalue weighted by Gasteiger charge is -2.47. The molecule has 2 fully saturated rings. The van der Waals surface area contributed by atoms with Gasteiger partial charge in [-0.1, -0.05) is 44.4 Å². The van der Waals surface area contributed by atoms with E-state index in [1.54, 1.807) is 13.0 Å². The summed E-state index contributed by atoms with van der Waals surface area (Å²) in [6.07, 6.45) is 7.64. The largest absolute Gasteiger partial charge is 0.491 e. The number of ether oxygens (including phenoxy) is 1. The second kappa shape index (κ2) is 16.2. The first-order valence-corrected chi connectivity index (χ1v) is 20.2. The lowest BCUT2D eigenvalue weighted by Crippen LogP contribution is -2.51. The van der Waals surface area contributed by atoms with Crippen LogP contribution in [0, 0.1) is 23.7 Å². The van der Waals surface area contributed by atoms with E-state index in [2.05, 4.69) is 40.5 Å². The number of aryl methyl sites for hydroxylation is 1. The van der Waals surface area contributed by atoms with Crippen LogP contribution < -0.4 is 14.4 Å². The first kappa shape index (κ1) is 36.2. The molecule has 1 N–H and O–H groups in total. The molecule has 7 unspecified atom stereocenters. The van der Waals surface area contributed by atoms with E-state index < -0.39 is 11.0 Å². The molecule has 3 aliphatic heterocycles. The Bertz CT molecular complexity index is 1510. The number of carbonyl (C=O) groups is 2. The molecule has 4 aliphatic rings. The first-order valence-electron chi connectivity index (χ1n) is 18.6. The van der Waals surface area contributed by atoms with Crippen LogP contribution in [0.5, 0.6) is 5.75 Å². The van der Waals surface area contributed by atoms with Gasteiger partial charge < -0.3 is 14.5 Å². The molecule has 8 nitrogen and oxygen atoms in total. The van der Waals surface area contributed by atoms with Crippen molar-refractivity contribution in [3.63, 3.8) is 0 Å². The maximum atomic E-state index is 13.5. The summed E-state index contributed by atoms with van der Waals surface area (Å²) >= 11 is 6.48. The monoisotopic (exact) mass is 710 g/mol. The van der Waals surface area contributed by atoms with Crippen LogP contribution in [0.25, 0.3) is 0 Å². The molecule has 2 amide bonds. The Morgan fingerprint density at radius 2 is 1.82 bits per heavy atom. The van der Waals surface area contributed by atoms with Gasteiger partial charge in [0.05, 0.1) is 17.5 Å². The van der Waals surface area contributed by atoms with Crippen LogP contribution in [0.2, 0.25) is 5.02 Å². The normalized spacial score (nSPS) is 30.0. The summed E-state index contributed by atoms with van der Waals surface area (Å²) in [5, 5.41) is 0.613. The van der Waals surface area contributed by atoms with Crippen molar-refractivity contribution >= 4 is 40.1 Å². The van der Waals surface area contributed by atoms with E-state index in [9.17, 15) is 13.8 Å². The third kappa shape index (κ3) is 8.48. The Kier molecular flexibility index (Phi) is 11.9. The van der Waals surface area contributed by atoms with Gasteiger partial charge in [0.2, 0.25) is 5.91 Å². The zero-order valence-corrected chi connectivity index (χ0v) is 31.4. The number of hydrogen-bond donors (Lipinski definition) is 1. The Balaban J connectivity index is 1.32. The van der Waals surface area contributed by atoms with Crippen LogP contribution in [-0.2, 0) is 22.2 Å². The molecule has 49 heavy (non-hydrogen) atoms. The summed E-state index contributed by atoms with van der Waals surface area (Å²) in [6.45, 7) is 14.8. The van der Waals surface area contributed by atoms with Gasteiger partial charge in [0.25, 0.3) is 5.91 Å². The van der Waals surface area contributed by atoms with E-state index >= 15 is 0 Å². The van der Waals surface area contributed by atoms with Crippen molar-refractivity contribution in [1.29, 1.82) is 0 Å². The number of rotatable bonds is 5. The van der Waals surface area contributed by atoms with Gasteiger partial charge in [-0.3, -0.25) is 19.2 Å². The molecule has 10 heteroatoms. The number of nitrogens with one attached hydrogen (secondary N) is 1. The van der Waals surface area contributed by atoms with Crippen LogP contribution in [0.1, 0.15) is 93.6 Å². The topological polar surface area (TPSA) is 82.2 Å². The molecule has 6 rings (SSSR count). The third-order valence-electron chi connectivity index (χ3n) is 11.9. The van der Waals surface area contributed by atoms with Gasteiger partial charge in [-0.25, -0.2) is 4.21 Å². The number of halogens is 1. The molecule has 268 valence electrons. The maximum Gasteiger partial charge on any atom is 0.263 e. The van der Waals surface area contributed by atoms with E-state index in [0.29, 0.717) is 29.9 Å². The van der Waals surface area contributed by atoms with Crippen LogP contribution >= 0.6 is 11.6 Å². The van der Waals surface area contributed by atoms with Crippen LogP contribution in [0.3, 0.4) is 0 Å². The van der Waals surface area contributed by atoms with Gasteiger partial charge in [0.15, 0.2) is 0 Å². The molecule has 2 aromatic carbocycles. The Morgan fingerprint density at radius 3 is 2.53 bits per heavy atom. The SMILES string of the molecule is CCCc1cc(Cl)ccc1C1COc2ccc3cc2N(C1)CC1CCC1C(CN1CCN(C(C)=O)CC1)CCCC(C)C(C)S(=O)NC3=O. The van der Waals surface area contributed by atoms with Gasteiger partial charge in [-0.15, -0.1) is 0 Å². The van der Waals surface area contributed by atoms with Gasteiger partial charge >= 0.3 is 0 Å². The number of fused-ring (bicyclic) bond motifs is 2. The predicted molar refractivity (Wildman–Crippen MR) is 199 cm³/mol. The molecule has 2 bridgehead atoms. The van der Waals surface area contributed by atoms with E-state index in [1.165, 1.54) is 24.0 Å². The highest BCUT2D eigenvalue weighted by atomic mass is 35.5. The summed E-state index contributed by atoms with van der Waals surface area (Å²) in [5.41, 5.74) is 4.02. The predicted octanol–water partition coefficient (Wildman–Crippen LogP) is 6.68. The summed E-state index contributed by atoms with van der Waals surface area (Å²) in [4.78, 5) is 32.5. The molecular formula is C39H55ClN4O4S. The molecule has 1 saturated heterocycles. The summed E-state index contributed by atoms with van der Waals surface area (Å²) in [7, 11) is -1.49. The first-order chi connectivity index (χ1) is 23.6.